The summed E-state index contributed by atoms with van der Waals surface area (Å²) in [6.07, 6.45) is 0.458. The molecule has 0 aliphatic rings. The molecule has 0 unspecified atom stereocenters. The van der Waals surface area contributed by atoms with Crippen LogP contribution in [0.1, 0.15) is 43.8 Å². The van der Waals surface area contributed by atoms with Gasteiger partial charge in [0.2, 0.25) is 5.88 Å². The number of hydrogen-bond acceptors (Lipinski definition) is 5. The highest BCUT2D eigenvalue weighted by molar-refractivity contribution is 7.15. The van der Waals surface area contributed by atoms with Gasteiger partial charge in [-0.3, -0.25) is 0 Å². The van der Waals surface area contributed by atoms with E-state index in [0.29, 0.717) is 12.4 Å². The molecule has 2 aromatic heterocycles. The van der Waals surface area contributed by atoms with Gasteiger partial charge in [0.05, 0.1) is 13.7 Å². The van der Waals surface area contributed by atoms with E-state index in [-0.39, 0.29) is 0 Å². The fourth-order valence-corrected chi connectivity index (χ4v) is 3.41. The van der Waals surface area contributed by atoms with E-state index >= 15 is 0 Å². The Balaban J connectivity index is 2.12. The quantitative estimate of drug-likeness (QED) is 0.836. The van der Waals surface area contributed by atoms with Crippen LogP contribution in [0.15, 0.2) is 18.2 Å². The number of nitrogens with one attached hydrogen (secondary N) is 1. The molecule has 6 heteroatoms. The fraction of sp³-hybridized carbons (Fsp3) is 0.474. The van der Waals surface area contributed by atoms with Crippen LogP contribution < -0.4 is 10.1 Å². The zero-order valence-electron chi connectivity index (χ0n) is 15.7. The second-order valence-electron chi connectivity index (χ2n) is 6.76. The Hall–Kier alpha value is -2.08. The van der Waals surface area contributed by atoms with Crippen LogP contribution in [-0.2, 0) is 17.7 Å². The summed E-state index contributed by atoms with van der Waals surface area (Å²) < 4.78 is 10.6. The van der Waals surface area contributed by atoms with Crippen LogP contribution in [0, 0.1) is 6.92 Å². The Morgan fingerprint density at radius 3 is 2.64 bits per heavy atom. The third-order valence-electron chi connectivity index (χ3n) is 3.56. The molecule has 0 atom stereocenters. The Morgan fingerprint density at radius 1 is 1.32 bits per heavy atom. The third-order valence-corrected chi connectivity index (χ3v) is 4.68. The summed E-state index contributed by atoms with van der Waals surface area (Å²) in [5.41, 5.74) is 2.63. The maximum Gasteiger partial charge on any atom is 0.407 e. The van der Waals surface area contributed by atoms with Crippen LogP contribution in [0.4, 0.5) is 4.79 Å². The first-order chi connectivity index (χ1) is 11.7. The lowest BCUT2D eigenvalue weighted by Crippen LogP contribution is -2.31. The van der Waals surface area contributed by atoms with Gasteiger partial charge in [0.15, 0.2) is 0 Å². The molecule has 25 heavy (non-hydrogen) atoms. The number of rotatable bonds is 5. The van der Waals surface area contributed by atoms with Crippen molar-refractivity contribution in [2.24, 2.45) is 0 Å². The number of pyridine rings is 1. The molecule has 1 N–H and O–H groups in total. The molecular formula is C19H26N2O3S. The molecule has 2 heterocycles. The van der Waals surface area contributed by atoms with Gasteiger partial charge < -0.3 is 14.8 Å². The molecule has 0 fully saturated rings. The number of aromatic nitrogens is 1. The summed E-state index contributed by atoms with van der Waals surface area (Å²) in [6.45, 7) is 10.1. The summed E-state index contributed by atoms with van der Waals surface area (Å²) in [5, 5.41) is 2.79. The fourth-order valence-electron chi connectivity index (χ4n) is 2.40. The number of nitrogens with zero attached hydrogens (tertiary/aromatic N) is 1. The number of aryl methyl sites for hydroxylation is 2. The molecule has 0 saturated carbocycles. The van der Waals surface area contributed by atoms with E-state index in [4.69, 9.17) is 9.47 Å². The van der Waals surface area contributed by atoms with Crippen molar-refractivity contribution in [2.45, 2.75) is 53.2 Å². The second-order valence-corrected chi connectivity index (χ2v) is 7.93. The second kappa shape index (κ2) is 7.87. The average Bonchev–Trinajstić information content (AvgIpc) is 2.99. The van der Waals surface area contributed by atoms with Crippen molar-refractivity contribution in [2.75, 3.05) is 7.11 Å². The van der Waals surface area contributed by atoms with Crippen molar-refractivity contribution in [3.8, 4) is 16.3 Å². The molecule has 0 saturated heterocycles. The lowest BCUT2D eigenvalue weighted by molar-refractivity contribution is 0.0524. The van der Waals surface area contributed by atoms with E-state index in [9.17, 15) is 4.79 Å². The number of carbonyl (C=O) groups is 1. The maximum absolute atomic E-state index is 11.8. The summed E-state index contributed by atoms with van der Waals surface area (Å²) in [7, 11) is 1.65. The van der Waals surface area contributed by atoms with E-state index < -0.39 is 11.7 Å². The molecule has 2 rings (SSSR count). The van der Waals surface area contributed by atoms with Crippen LogP contribution in [-0.4, -0.2) is 23.8 Å². The normalized spacial score (nSPS) is 11.3. The number of amides is 1. The molecule has 136 valence electrons. The summed E-state index contributed by atoms with van der Waals surface area (Å²) in [4.78, 5) is 18.5. The molecule has 1 amide bonds. The SMILES string of the molecule is CCc1cc(-c2ccc(CNC(=O)OC(C)(C)C)s2)c(C)nc1OC. The minimum atomic E-state index is -0.493. The molecule has 0 radical (unpaired) electrons. The maximum atomic E-state index is 11.8. The Kier molecular flexibility index (Phi) is 6.06. The van der Waals surface area contributed by atoms with Crippen LogP contribution >= 0.6 is 11.3 Å². The molecule has 0 spiro atoms. The minimum Gasteiger partial charge on any atom is -0.481 e. The van der Waals surface area contributed by atoms with Crippen molar-refractivity contribution in [3.63, 3.8) is 0 Å². The van der Waals surface area contributed by atoms with Gasteiger partial charge in [-0.1, -0.05) is 6.92 Å². The molecule has 0 aliphatic carbocycles. The zero-order valence-corrected chi connectivity index (χ0v) is 16.5. The highest BCUT2D eigenvalue weighted by Crippen LogP contribution is 2.33. The Labute approximate surface area is 153 Å². The topological polar surface area (TPSA) is 60.5 Å². The number of thiophene rings is 1. The summed E-state index contributed by atoms with van der Waals surface area (Å²) in [6, 6.07) is 6.22. The van der Waals surface area contributed by atoms with Gasteiger partial charge in [-0.05, 0) is 52.3 Å². The average molecular weight is 362 g/mol. The van der Waals surface area contributed by atoms with Crippen molar-refractivity contribution in [3.05, 3.63) is 34.3 Å². The van der Waals surface area contributed by atoms with E-state index in [2.05, 4.69) is 29.4 Å². The van der Waals surface area contributed by atoms with Crippen LogP contribution in [0.2, 0.25) is 0 Å². The first-order valence-corrected chi connectivity index (χ1v) is 9.15. The van der Waals surface area contributed by atoms with Crippen LogP contribution in [0.3, 0.4) is 0 Å². The van der Waals surface area contributed by atoms with E-state index in [1.807, 2.05) is 33.8 Å². The van der Waals surface area contributed by atoms with Crippen molar-refractivity contribution in [1.29, 1.82) is 0 Å². The van der Waals surface area contributed by atoms with Crippen molar-refractivity contribution < 1.29 is 14.3 Å². The van der Waals surface area contributed by atoms with Gasteiger partial charge in [0.1, 0.15) is 5.60 Å². The molecule has 0 bridgehead atoms. The minimum absolute atomic E-state index is 0.405. The summed E-state index contributed by atoms with van der Waals surface area (Å²) >= 11 is 1.64. The number of ether oxygens (including phenoxy) is 2. The standard InChI is InChI=1S/C19H26N2O3S/c1-7-13-10-15(12(2)21-17(13)23-6)16-9-8-14(25-16)11-20-18(22)24-19(3,4)5/h8-10H,7,11H2,1-6H3,(H,20,22). The van der Waals surface area contributed by atoms with E-state index in [1.54, 1.807) is 18.4 Å². The zero-order chi connectivity index (χ0) is 18.6. The van der Waals surface area contributed by atoms with Crippen molar-refractivity contribution >= 4 is 17.4 Å². The van der Waals surface area contributed by atoms with E-state index in [1.165, 1.54) is 0 Å². The lowest BCUT2D eigenvalue weighted by atomic mass is 10.1. The van der Waals surface area contributed by atoms with Crippen LogP contribution in [0.5, 0.6) is 5.88 Å². The third kappa shape index (κ3) is 5.19. The number of carbonyl (C=O) groups excluding carboxylic acids is 1. The Morgan fingerprint density at radius 2 is 2.04 bits per heavy atom. The molecule has 0 aliphatic heterocycles. The van der Waals surface area contributed by atoms with E-state index in [0.717, 1.165) is 33.0 Å². The monoisotopic (exact) mass is 362 g/mol. The van der Waals surface area contributed by atoms with Crippen LogP contribution in [0.25, 0.3) is 10.4 Å². The first-order valence-electron chi connectivity index (χ1n) is 8.34. The van der Waals surface area contributed by atoms with Gasteiger partial charge in [0.25, 0.3) is 0 Å². The predicted molar refractivity (Wildman–Crippen MR) is 101 cm³/mol. The van der Waals surface area contributed by atoms with Crippen molar-refractivity contribution in [1.82, 2.24) is 10.3 Å². The first kappa shape index (κ1) is 19.2. The molecule has 5 nitrogen and oxygen atoms in total. The molecule has 0 aromatic carbocycles. The van der Waals surface area contributed by atoms with Gasteiger partial charge in [-0.25, -0.2) is 9.78 Å². The Bertz CT molecular complexity index is 748. The molecule has 2 aromatic rings. The number of hydrogen-bond donors (Lipinski definition) is 1. The van der Waals surface area contributed by atoms with Gasteiger partial charge in [0, 0.05) is 26.6 Å². The highest BCUT2D eigenvalue weighted by atomic mass is 32.1. The largest absolute Gasteiger partial charge is 0.481 e. The predicted octanol–water partition coefficient (Wildman–Crippen LogP) is 4.71. The summed E-state index contributed by atoms with van der Waals surface area (Å²) in [5.74, 6) is 0.687. The van der Waals surface area contributed by atoms with Gasteiger partial charge >= 0.3 is 6.09 Å². The van der Waals surface area contributed by atoms with Gasteiger partial charge in [-0.2, -0.15) is 0 Å². The van der Waals surface area contributed by atoms with Gasteiger partial charge in [-0.15, -0.1) is 11.3 Å². The highest BCUT2D eigenvalue weighted by Gasteiger charge is 2.16. The number of alkyl carbamates (subject to hydrolysis) is 1. The molecular weight excluding hydrogens is 336 g/mol. The smallest absolute Gasteiger partial charge is 0.407 e. The lowest BCUT2D eigenvalue weighted by Gasteiger charge is -2.19. The number of methoxy groups -OCH3 is 1.